The summed E-state index contributed by atoms with van der Waals surface area (Å²) in [6.07, 6.45) is 0. The lowest BCUT2D eigenvalue weighted by Crippen LogP contribution is -2.26. The number of sulfonamides is 1. The third-order valence-electron chi connectivity index (χ3n) is 3.24. The zero-order chi connectivity index (χ0) is 20.0. The number of benzene rings is 1. The number of nitrogens with zero attached hydrogens (tertiary/aromatic N) is 2. The molecule has 148 valence electrons. The van der Waals surface area contributed by atoms with Crippen LogP contribution in [0.2, 0.25) is 5.02 Å². The van der Waals surface area contributed by atoms with Crippen LogP contribution in [0.25, 0.3) is 0 Å². The van der Waals surface area contributed by atoms with Gasteiger partial charge in [-0.25, -0.2) is 17.5 Å². The molecule has 1 aromatic heterocycles. The molecule has 1 heterocycles. The normalized spacial score (nSPS) is 11.7. The molecule has 12 heteroatoms. The van der Waals surface area contributed by atoms with Gasteiger partial charge in [-0.1, -0.05) is 42.9 Å². The summed E-state index contributed by atoms with van der Waals surface area (Å²) in [6.45, 7) is 3.55. The van der Waals surface area contributed by atoms with Crippen molar-refractivity contribution >= 4 is 55.8 Å². The van der Waals surface area contributed by atoms with Crippen LogP contribution in [-0.2, 0) is 20.6 Å². The van der Waals surface area contributed by atoms with Gasteiger partial charge in [0.15, 0.2) is 0 Å². The highest BCUT2D eigenvalue weighted by Crippen LogP contribution is 2.24. The number of thioether (sulfide) groups is 1. The number of carbonyl (C=O) groups is 1. The first-order chi connectivity index (χ1) is 12.7. The number of hydrogen-bond donors (Lipinski definition) is 2. The highest BCUT2D eigenvalue weighted by Gasteiger charge is 2.21. The van der Waals surface area contributed by atoms with Gasteiger partial charge in [0.05, 0.1) is 0 Å². The number of hydrogen-bond acceptors (Lipinski definition) is 7. The maximum Gasteiger partial charge on any atom is 0.269 e. The van der Waals surface area contributed by atoms with Crippen LogP contribution in [0.1, 0.15) is 19.4 Å². The van der Waals surface area contributed by atoms with E-state index in [9.17, 15) is 17.6 Å². The maximum atomic E-state index is 13.7. The minimum atomic E-state index is -3.83. The molecular formula is C15H18ClFN4O3S3. The summed E-state index contributed by atoms with van der Waals surface area (Å²) in [4.78, 5) is 11.6. The van der Waals surface area contributed by atoms with E-state index < -0.39 is 10.0 Å². The standard InChI is InChI=1S/C15H18ClFN4O3S3/c1-9(2)13(22)19-14-20-21-15(26-14)27(23,24)18-6-7-25-8-10-11(16)4-3-5-12(10)17/h3-5,9,18H,6-8H2,1-2H3,(H,19,20,22). The van der Waals surface area contributed by atoms with E-state index in [1.54, 1.807) is 19.9 Å². The van der Waals surface area contributed by atoms with Crippen LogP contribution < -0.4 is 10.0 Å². The molecule has 0 spiro atoms. The van der Waals surface area contributed by atoms with Gasteiger partial charge in [0.2, 0.25) is 15.4 Å². The van der Waals surface area contributed by atoms with Crippen molar-refractivity contribution in [1.29, 1.82) is 0 Å². The number of anilines is 1. The van der Waals surface area contributed by atoms with Gasteiger partial charge in [-0.2, -0.15) is 11.8 Å². The first-order valence-electron chi connectivity index (χ1n) is 7.85. The molecule has 2 aromatic rings. The molecule has 2 rings (SSSR count). The predicted octanol–water partition coefficient (Wildman–Crippen LogP) is 3.14. The molecule has 0 aliphatic rings. The van der Waals surface area contributed by atoms with Crippen LogP contribution in [0, 0.1) is 11.7 Å². The zero-order valence-corrected chi connectivity index (χ0v) is 17.7. The Labute approximate surface area is 170 Å². The Morgan fingerprint density at radius 2 is 2.11 bits per heavy atom. The SMILES string of the molecule is CC(C)C(=O)Nc1nnc(S(=O)(=O)NCCSCc2c(F)cccc2Cl)s1. The first-order valence-corrected chi connectivity index (χ1v) is 11.7. The monoisotopic (exact) mass is 452 g/mol. The quantitative estimate of drug-likeness (QED) is 0.447. The van der Waals surface area contributed by atoms with Gasteiger partial charge in [-0.3, -0.25) is 4.79 Å². The minimum Gasteiger partial charge on any atom is -0.300 e. The second-order valence-corrected chi connectivity index (χ2v) is 10.1. The molecule has 0 aliphatic heterocycles. The lowest BCUT2D eigenvalue weighted by atomic mass is 10.2. The average Bonchev–Trinajstić information content (AvgIpc) is 3.06. The fourth-order valence-corrected chi connectivity index (χ4v) is 5.07. The van der Waals surface area contributed by atoms with Crippen molar-refractivity contribution in [2.75, 3.05) is 17.6 Å². The van der Waals surface area contributed by atoms with Crippen LogP contribution >= 0.6 is 34.7 Å². The summed E-state index contributed by atoms with van der Waals surface area (Å²) in [6, 6.07) is 4.46. The number of carbonyl (C=O) groups excluding carboxylic acids is 1. The lowest BCUT2D eigenvalue weighted by molar-refractivity contribution is -0.118. The fraction of sp³-hybridized carbons (Fsp3) is 0.400. The molecule has 0 unspecified atom stereocenters. The van der Waals surface area contributed by atoms with Crippen LogP contribution in [0.3, 0.4) is 0 Å². The van der Waals surface area contributed by atoms with Crippen LogP contribution in [0.4, 0.5) is 9.52 Å². The molecule has 0 radical (unpaired) electrons. The third-order valence-corrected chi connectivity index (χ3v) is 7.24. The topological polar surface area (TPSA) is 101 Å². The molecule has 0 saturated heterocycles. The fourth-order valence-electron chi connectivity index (χ4n) is 1.77. The number of halogens is 2. The van der Waals surface area contributed by atoms with E-state index >= 15 is 0 Å². The first kappa shape index (κ1) is 22.0. The number of rotatable bonds is 9. The number of aromatic nitrogens is 2. The second-order valence-electron chi connectivity index (χ2n) is 5.67. The summed E-state index contributed by atoms with van der Waals surface area (Å²) in [5.74, 6) is -0.171. The van der Waals surface area contributed by atoms with E-state index in [2.05, 4.69) is 20.2 Å². The Morgan fingerprint density at radius 1 is 1.37 bits per heavy atom. The molecule has 0 fully saturated rings. The maximum absolute atomic E-state index is 13.7. The van der Waals surface area contributed by atoms with Crippen molar-refractivity contribution in [2.24, 2.45) is 5.92 Å². The highest BCUT2D eigenvalue weighted by molar-refractivity contribution is 7.98. The van der Waals surface area contributed by atoms with Crippen molar-refractivity contribution in [3.8, 4) is 0 Å². The molecule has 1 amide bonds. The average molecular weight is 453 g/mol. The van der Waals surface area contributed by atoms with Gasteiger partial charge < -0.3 is 5.32 Å². The Bertz CT molecular complexity index is 885. The Kier molecular flexibility index (Phi) is 7.98. The summed E-state index contributed by atoms with van der Waals surface area (Å²) in [7, 11) is -3.83. The van der Waals surface area contributed by atoms with Crippen molar-refractivity contribution in [3.05, 3.63) is 34.6 Å². The van der Waals surface area contributed by atoms with Crippen molar-refractivity contribution in [2.45, 2.75) is 23.9 Å². The highest BCUT2D eigenvalue weighted by atomic mass is 35.5. The lowest BCUT2D eigenvalue weighted by Gasteiger charge is -2.06. The summed E-state index contributed by atoms with van der Waals surface area (Å²) in [5, 5.41) is 10.2. The predicted molar refractivity (Wildman–Crippen MR) is 106 cm³/mol. The van der Waals surface area contributed by atoms with E-state index in [1.807, 2.05) is 0 Å². The molecule has 27 heavy (non-hydrogen) atoms. The second kappa shape index (κ2) is 9.78. The van der Waals surface area contributed by atoms with E-state index in [0.29, 0.717) is 22.1 Å². The Morgan fingerprint density at radius 3 is 2.78 bits per heavy atom. The summed E-state index contributed by atoms with van der Waals surface area (Å²) >= 11 is 8.06. The largest absolute Gasteiger partial charge is 0.300 e. The molecule has 0 bridgehead atoms. The van der Waals surface area contributed by atoms with Crippen molar-refractivity contribution in [1.82, 2.24) is 14.9 Å². The van der Waals surface area contributed by atoms with E-state index in [0.717, 1.165) is 11.3 Å². The van der Waals surface area contributed by atoms with E-state index in [4.69, 9.17) is 11.6 Å². The van der Waals surface area contributed by atoms with Gasteiger partial charge in [0.25, 0.3) is 10.0 Å². The Balaban J connectivity index is 1.83. The molecule has 1 aromatic carbocycles. The van der Waals surface area contributed by atoms with Gasteiger partial charge >= 0.3 is 0 Å². The third kappa shape index (κ3) is 6.39. The number of nitrogens with one attached hydrogen (secondary N) is 2. The summed E-state index contributed by atoms with van der Waals surface area (Å²) < 4.78 is 40.2. The smallest absolute Gasteiger partial charge is 0.269 e. The van der Waals surface area contributed by atoms with E-state index in [-0.39, 0.29) is 33.7 Å². The minimum absolute atomic E-state index is 0.123. The van der Waals surface area contributed by atoms with Gasteiger partial charge in [0, 0.05) is 34.6 Å². The van der Waals surface area contributed by atoms with Gasteiger partial charge in [-0.15, -0.1) is 10.2 Å². The zero-order valence-electron chi connectivity index (χ0n) is 14.5. The molecule has 7 nitrogen and oxygen atoms in total. The van der Waals surface area contributed by atoms with E-state index in [1.165, 1.54) is 23.9 Å². The molecule has 2 N–H and O–H groups in total. The Hall–Kier alpha value is -1.27. The van der Waals surface area contributed by atoms with Crippen LogP contribution in [0.15, 0.2) is 22.5 Å². The van der Waals surface area contributed by atoms with Crippen molar-refractivity contribution in [3.63, 3.8) is 0 Å². The van der Waals surface area contributed by atoms with Crippen LogP contribution in [-0.4, -0.2) is 36.8 Å². The van der Waals surface area contributed by atoms with Gasteiger partial charge in [-0.05, 0) is 12.1 Å². The van der Waals surface area contributed by atoms with Gasteiger partial charge in [0.1, 0.15) is 5.82 Å². The molecular weight excluding hydrogens is 435 g/mol. The molecule has 0 saturated carbocycles. The van der Waals surface area contributed by atoms with Crippen LogP contribution in [0.5, 0.6) is 0 Å². The molecule has 0 atom stereocenters. The van der Waals surface area contributed by atoms with Crippen molar-refractivity contribution < 1.29 is 17.6 Å². The number of amides is 1. The summed E-state index contributed by atoms with van der Waals surface area (Å²) in [5.41, 5.74) is 0.390. The molecule has 0 aliphatic carbocycles.